The smallest absolute Gasteiger partial charge is 0.147 e. The second-order valence-electron chi connectivity index (χ2n) is 7.06. The van der Waals surface area contributed by atoms with Crippen LogP contribution in [-0.4, -0.2) is 23.1 Å². The number of rotatable bonds is 3. The van der Waals surface area contributed by atoms with Crippen LogP contribution in [0.2, 0.25) is 10.0 Å². The SMILES string of the molecule is Clc1cccc(Sc2cnc(N3CCC4(CCCC4)CC3)cn2)c1Cl. The minimum absolute atomic E-state index is 0.561. The number of hydrogen-bond donors (Lipinski definition) is 0. The van der Waals surface area contributed by atoms with Crippen molar-refractivity contribution in [2.24, 2.45) is 5.41 Å². The summed E-state index contributed by atoms with van der Waals surface area (Å²) in [6.07, 6.45) is 12.0. The van der Waals surface area contributed by atoms with Gasteiger partial charge in [0.05, 0.1) is 22.4 Å². The van der Waals surface area contributed by atoms with Gasteiger partial charge < -0.3 is 4.90 Å². The van der Waals surface area contributed by atoms with E-state index in [9.17, 15) is 0 Å². The molecule has 4 rings (SSSR count). The molecular formula is C19H21Cl2N3S. The fourth-order valence-electron chi connectivity index (χ4n) is 4.04. The Morgan fingerprint density at radius 3 is 2.40 bits per heavy atom. The van der Waals surface area contributed by atoms with Gasteiger partial charge in [-0.1, -0.05) is 53.9 Å². The molecule has 1 spiro atoms. The molecule has 2 aromatic rings. The van der Waals surface area contributed by atoms with Crippen molar-refractivity contribution in [1.82, 2.24) is 9.97 Å². The first-order valence-electron chi connectivity index (χ1n) is 8.84. The highest BCUT2D eigenvalue weighted by atomic mass is 35.5. The van der Waals surface area contributed by atoms with E-state index in [-0.39, 0.29) is 0 Å². The maximum absolute atomic E-state index is 6.25. The van der Waals surface area contributed by atoms with Crippen molar-refractivity contribution in [3.63, 3.8) is 0 Å². The lowest BCUT2D eigenvalue weighted by molar-refractivity contribution is 0.226. The Kier molecular flexibility index (Phi) is 5.12. The Morgan fingerprint density at radius 2 is 1.72 bits per heavy atom. The van der Waals surface area contributed by atoms with Crippen LogP contribution in [0.5, 0.6) is 0 Å². The summed E-state index contributed by atoms with van der Waals surface area (Å²) in [5.74, 6) is 0.981. The van der Waals surface area contributed by atoms with E-state index in [1.807, 2.05) is 24.5 Å². The third-order valence-electron chi connectivity index (χ3n) is 5.56. The molecule has 25 heavy (non-hydrogen) atoms. The van der Waals surface area contributed by atoms with Gasteiger partial charge >= 0.3 is 0 Å². The van der Waals surface area contributed by atoms with Crippen molar-refractivity contribution in [2.45, 2.75) is 48.4 Å². The zero-order valence-corrected chi connectivity index (χ0v) is 16.4. The summed E-state index contributed by atoms with van der Waals surface area (Å²) in [7, 11) is 0. The third-order valence-corrected chi connectivity index (χ3v) is 7.47. The average molecular weight is 394 g/mol. The number of piperidine rings is 1. The van der Waals surface area contributed by atoms with Crippen molar-refractivity contribution >= 4 is 40.8 Å². The van der Waals surface area contributed by atoms with Crippen LogP contribution in [0.4, 0.5) is 5.82 Å². The van der Waals surface area contributed by atoms with E-state index < -0.39 is 0 Å². The first-order chi connectivity index (χ1) is 12.2. The second kappa shape index (κ2) is 7.34. The number of nitrogens with zero attached hydrogens (tertiary/aromatic N) is 3. The molecule has 0 amide bonds. The highest BCUT2D eigenvalue weighted by Crippen LogP contribution is 2.46. The van der Waals surface area contributed by atoms with Crippen LogP contribution >= 0.6 is 35.0 Å². The largest absolute Gasteiger partial charge is 0.355 e. The van der Waals surface area contributed by atoms with Crippen LogP contribution in [-0.2, 0) is 0 Å². The predicted octanol–water partition coefficient (Wildman–Crippen LogP) is 6.10. The van der Waals surface area contributed by atoms with Crippen LogP contribution < -0.4 is 4.90 Å². The highest BCUT2D eigenvalue weighted by molar-refractivity contribution is 7.99. The van der Waals surface area contributed by atoms with Crippen LogP contribution in [0.15, 0.2) is 40.5 Å². The molecule has 6 heteroatoms. The number of aromatic nitrogens is 2. The molecule has 0 radical (unpaired) electrons. The summed E-state index contributed by atoms with van der Waals surface area (Å²) >= 11 is 13.8. The van der Waals surface area contributed by atoms with Crippen LogP contribution in [0.3, 0.4) is 0 Å². The quantitative estimate of drug-likeness (QED) is 0.630. The standard InChI is InChI=1S/C19H21Cl2N3S/c20-14-4-3-5-15(18(14)21)25-17-13-22-16(12-23-17)24-10-8-19(9-11-24)6-1-2-7-19/h3-5,12-13H,1-2,6-11H2. The Morgan fingerprint density at radius 1 is 0.960 bits per heavy atom. The molecule has 0 bridgehead atoms. The maximum Gasteiger partial charge on any atom is 0.147 e. The molecule has 3 nitrogen and oxygen atoms in total. The van der Waals surface area contributed by atoms with E-state index >= 15 is 0 Å². The van der Waals surface area contributed by atoms with Crippen molar-refractivity contribution in [3.8, 4) is 0 Å². The Hall–Kier alpha value is -0.970. The van der Waals surface area contributed by atoms with E-state index in [0.717, 1.165) is 28.8 Å². The molecular weight excluding hydrogens is 373 g/mol. The Bertz CT molecular complexity index is 735. The monoisotopic (exact) mass is 393 g/mol. The van der Waals surface area contributed by atoms with Gasteiger partial charge in [0.1, 0.15) is 10.8 Å². The van der Waals surface area contributed by atoms with E-state index in [1.54, 1.807) is 6.07 Å². The molecule has 132 valence electrons. The van der Waals surface area contributed by atoms with Gasteiger partial charge in [0.15, 0.2) is 0 Å². The maximum atomic E-state index is 6.25. The summed E-state index contributed by atoms with van der Waals surface area (Å²) in [6.45, 7) is 2.20. The van der Waals surface area contributed by atoms with Crippen LogP contribution in [0, 0.1) is 5.41 Å². The molecule has 2 heterocycles. The fraction of sp³-hybridized carbons (Fsp3) is 0.474. The average Bonchev–Trinajstić information content (AvgIpc) is 3.09. The molecule has 1 aromatic carbocycles. The molecule has 1 aliphatic carbocycles. The van der Waals surface area contributed by atoms with Gasteiger partial charge in [-0.3, -0.25) is 0 Å². The van der Waals surface area contributed by atoms with Crippen molar-refractivity contribution in [2.75, 3.05) is 18.0 Å². The lowest BCUT2D eigenvalue weighted by atomic mass is 9.77. The van der Waals surface area contributed by atoms with Gasteiger partial charge in [-0.05, 0) is 43.2 Å². The predicted molar refractivity (Wildman–Crippen MR) is 105 cm³/mol. The van der Waals surface area contributed by atoms with Gasteiger partial charge in [-0.25, -0.2) is 9.97 Å². The molecule has 1 saturated heterocycles. The van der Waals surface area contributed by atoms with Crippen molar-refractivity contribution in [1.29, 1.82) is 0 Å². The van der Waals surface area contributed by atoms with Gasteiger partial charge in [0.25, 0.3) is 0 Å². The molecule has 2 aliphatic rings. The summed E-state index contributed by atoms with van der Waals surface area (Å²) in [5, 5.41) is 1.96. The number of benzene rings is 1. The topological polar surface area (TPSA) is 29.0 Å². The number of hydrogen-bond acceptors (Lipinski definition) is 4. The molecule has 0 N–H and O–H groups in total. The first kappa shape index (κ1) is 17.4. The third kappa shape index (κ3) is 3.76. The lowest BCUT2D eigenvalue weighted by Crippen LogP contribution is -2.39. The van der Waals surface area contributed by atoms with Gasteiger partial charge in [0, 0.05) is 18.0 Å². The van der Waals surface area contributed by atoms with Gasteiger partial charge in [-0.2, -0.15) is 0 Å². The zero-order chi connectivity index (χ0) is 17.3. The highest BCUT2D eigenvalue weighted by Gasteiger charge is 2.37. The van der Waals surface area contributed by atoms with Crippen molar-refractivity contribution < 1.29 is 0 Å². The summed E-state index contributed by atoms with van der Waals surface area (Å²) < 4.78 is 0. The zero-order valence-electron chi connectivity index (χ0n) is 14.0. The lowest BCUT2D eigenvalue weighted by Gasteiger charge is -2.39. The summed E-state index contributed by atoms with van der Waals surface area (Å²) in [4.78, 5) is 12.5. The number of halogens is 2. The molecule has 1 saturated carbocycles. The summed E-state index contributed by atoms with van der Waals surface area (Å²) in [5.41, 5.74) is 0.628. The normalized spacial score (nSPS) is 19.5. The molecule has 0 atom stereocenters. The van der Waals surface area contributed by atoms with Crippen LogP contribution in [0.1, 0.15) is 38.5 Å². The van der Waals surface area contributed by atoms with Gasteiger partial charge in [-0.15, -0.1) is 0 Å². The van der Waals surface area contributed by atoms with E-state index in [1.165, 1.54) is 50.3 Å². The minimum Gasteiger partial charge on any atom is -0.355 e. The Labute approximate surface area is 163 Å². The van der Waals surface area contributed by atoms with Crippen molar-refractivity contribution in [3.05, 3.63) is 40.6 Å². The van der Waals surface area contributed by atoms with E-state index in [2.05, 4.69) is 14.9 Å². The fourth-order valence-corrected chi connectivity index (χ4v) is 5.29. The molecule has 2 fully saturated rings. The minimum atomic E-state index is 0.561. The Balaban J connectivity index is 1.41. The molecule has 0 unspecified atom stereocenters. The van der Waals surface area contributed by atoms with E-state index in [0.29, 0.717) is 15.5 Å². The second-order valence-corrected chi connectivity index (χ2v) is 8.91. The van der Waals surface area contributed by atoms with E-state index in [4.69, 9.17) is 23.2 Å². The first-order valence-corrected chi connectivity index (χ1v) is 10.4. The van der Waals surface area contributed by atoms with Crippen LogP contribution in [0.25, 0.3) is 0 Å². The molecule has 1 aromatic heterocycles. The van der Waals surface area contributed by atoms with Gasteiger partial charge in [0.2, 0.25) is 0 Å². The summed E-state index contributed by atoms with van der Waals surface area (Å²) in [6, 6.07) is 5.63. The number of anilines is 1. The molecule has 1 aliphatic heterocycles.